The first kappa shape index (κ1) is 13.2. The van der Waals surface area contributed by atoms with Crippen LogP contribution in [0.15, 0.2) is 41.8 Å². The zero-order valence-electron chi connectivity index (χ0n) is 9.98. The molecule has 1 aromatic heterocycles. The third-order valence-corrected chi connectivity index (χ3v) is 3.43. The first-order valence-electron chi connectivity index (χ1n) is 5.54. The summed E-state index contributed by atoms with van der Waals surface area (Å²) in [5, 5.41) is 18.1. The third kappa shape index (κ3) is 3.60. The number of thioether (sulfide) groups is 1. The zero-order valence-corrected chi connectivity index (χ0v) is 10.8. The van der Waals surface area contributed by atoms with E-state index in [0.29, 0.717) is 17.3 Å². The maximum atomic E-state index is 10.5. The predicted octanol–water partition coefficient (Wildman–Crippen LogP) is 1.98. The molecule has 19 heavy (non-hydrogen) atoms. The summed E-state index contributed by atoms with van der Waals surface area (Å²) in [6.45, 7) is 0.605. The quantitative estimate of drug-likeness (QED) is 0.843. The number of hydrogen-bond acceptors (Lipinski definition) is 4. The first-order chi connectivity index (χ1) is 9.19. The number of carboxylic acids is 1. The van der Waals surface area contributed by atoms with Crippen LogP contribution in [0.5, 0.6) is 0 Å². The molecule has 1 N–H and O–H groups in total. The second-order valence-electron chi connectivity index (χ2n) is 3.83. The highest BCUT2D eigenvalue weighted by atomic mass is 32.2. The molecule has 0 unspecified atom stereocenters. The van der Waals surface area contributed by atoms with Crippen molar-refractivity contribution in [1.29, 1.82) is 5.26 Å². The first-order valence-corrected chi connectivity index (χ1v) is 6.52. The van der Waals surface area contributed by atoms with Crippen molar-refractivity contribution in [2.75, 3.05) is 5.75 Å². The Morgan fingerprint density at radius 1 is 1.42 bits per heavy atom. The molecule has 0 aliphatic carbocycles. The average Bonchev–Trinajstić information content (AvgIpc) is 2.84. The Balaban J connectivity index is 2.08. The Hall–Kier alpha value is -2.26. The maximum Gasteiger partial charge on any atom is 0.313 e. The molecule has 0 fully saturated rings. The predicted molar refractivity (Wildman–Crippen MR) is 70.8 cm³/mol. The van der Waals surface area contributed by atoms with Crippen LogP contribution in [0.3, 0.4) is 0 Å². The van der Waals surface area contributed by atoms with Gasteiger partial charge in [0.2, 0.25) is 0 Å². The second kappa shape index (κ2) is 6.07. The lowest BCUT2D eigenvalue weighted by Gasteiger charge is -2.06. The molecular weight excluding hydrogens is 262 g/mol. The van der Waals surface area contributed by atoms with Crippen molar-refractivity contribution in [3.63, 3.8) is 0 Å². The highest BCUT2D eigenvalue weighted by Crippen LogP contribution is 2.17. The number of imidazole rings is 1. The summed E-state index contributed by atoms with van der Waals surface area (Å²) in [5.41, 5.74) is 1.66. The Morgan fingerprint density at radius 2 is 2.16 bits per heavy atom. The molecule has 0 aliphatic rings. The van der Waals surface area contributed by atoms with Gasteiger partial charge in [-0.05, 0) is 17.7 Å². The van der Waals surface area contributed by atoms with E-state index in [4.69, 9.17) is 10.4 Å². The number of aliphatic carboxylic acids is 1. The lowest BCUT2D eigenvalue weighted by atomic mass is 10.1. The van der Waals surface area contributed by atoms with Crippen LogP contribution in [0.4, 0.5) is 0 Å². The molecule has 96 valence electrons. The Labute approximate surface area is 114 Å². The van der Waals surface area contributed by atoms with Crippen LogP contribution in [0.2, 0.25) is 0 Å². The summed E-state index contributed by atoms with van der Waals surface area (Å²) in [7, 11) is 0. The van der Waals surface area contributed by atoms with Gasteiger partial charge < -0.3 is 9.67 Å². The summed E-state index contributed by atoms with van der Waals surface area (Å²) in [6.07, 6.45) is 3.45. The molecule has 0 spiro atoms. The molecule has 1 heterocycles. The topological polar surface area (TPSA) is 78.9 Å². The Morgan fingerprint density at radius 3 is 2.79 bits per heavy atom. The number of rotatable bonds is 5. The van der Waals surface area contributed by atoms with Gasteiger partial charge in [-0.2, -0.15) is 5.26 Å². The van der Waals surface area contributed by atoms with E-state index in [2.05, 4.69) is 11.1 Å². The minimum absolute atomic E-state index is 0.00954. The minimum Gasteiger partial charge on any atom is -0.481 e. The van der Waals surface area contributed by atoms with Crippen LogP contribution < -0.4 is 0 Å². The summed E-state index contributed by atoms with van der Waals surface area (Å²) in [6, 6.07) is 9.35. The molecule has 0 aliphatic heterocycles. The summed E-state index contributed by atoms with van der Waals surface area (Å²) < 4.78 is 1.88. The molecule has 2 aromatic rings. The number of nitrogens with zero attached hydrogens (tertiary/aromatic N) is 3. The minimum atomic E-state index is -0.863. The van der Waals surface area contributed by atoms with Crippen molar-refractivity contribution in [1.82, 2.24) is 9.55 Å². The zero-order chi connectivity index (χ0) is 13.7. The highest BCUT2D eigenvalue weighted by Gasteiger charge is 2.07. The van der Waals surface area contributed by atoms with Gasteiger partial charge in [-0.1, -0.05) is 23.9 Å². The van der Waals surface area contributed by atoms with Crippen molar-refractivity contribution in [2.45, 2.75) is 11.7 Å². The van der Waals surface area contributed by atoms with Gasteiger partial charge >= 0.3 is 5.97 Å². The van der Waals surface area contributed by atoms with Gasteiger partial charge in [-0.15, -0.1) is 0 Å². The lowest BCUT2D eigenvalue weighted by Crippen LogP contribution is -2.03. The number of benzene rings is 1. The standard InChI is InChI=1S/C13H11N3O2S/c14-7-10-1-3-11(4-2-10)8-16-6-5-15-13(16)19-9-12(17)18/h1-6H,8-9H2,(H,17,18). The monoisotopic (exact) mass is 273 g/mol. The summed E-state index contributed by atoms with van der Waals surface area (Å²) in [5.74, 6) is -0.873. The van der Waals surface area contributed by atoms with Crippen LogP contribution in [-0.2, 0) is 11.3 Å². The summed E-state index contributed by atoms with van der Waals surface area (Å²) >= 11 is 1.19. The van der Waals surface area contributed by atoms with E-state index < -0.39 is 5.97 Å². The van der Waals surface area contributed by atoms with E-state index in [0.717, 1.165) is 5.56 Å². The number of nitriles is 1. The van der Waals surface area contributed by atoms with Gasteiger partial charge in [0, 0.05) is 18.9 Å². The van der Waals surface area contributed by atoms with Gasteiger partial charge in [-0.3, -0.25) is 4.79 Å². The maximum absolute atomic E-state index is 10.5. The van der Waals surface area contributed by atoms with Crippen molar-refractivity contribution in [3.8, 4) is 6.07 Å². The fourth-order valence-corrected chi connectivity index (χ4v) is 2.24. The largest absolute Gasteiger partial charge is 0.481 e. The van der Waals surface area contributed by atoms with E-state index in [9.17, 15) is 4.79 Å². The molecule has 0 bridgehead atoms. The molecule has 5 nitrogen and oxygen atoms in total. The Bertz CT molecular complexity index is 614. The molecule has 0 saturated carbocycles. The summed E-state index contributed by atoms with van der Waals surface area (Å²) in [4.78, 5) is 14.7. The van der Waals surface area contributed by atoms with Crippen LogP contribution in [0, 0.1) is 11.3 Å². The second-order valence-corrected chi connectivity index (χ2v) is 4.77. The van der Waals surface area contributed by atoms with E-state index >= 15 is 0 Å². The fraction of sp³-hybridized carbons (Fsp3) is 0.154. The van der Waals surface area contributed by atoms with Crippen molar-refractivity contribution in [3.05, 3.63) is 47.8 Å². The number of carboxylic acid groups (broad SMARTS) is 1. The number of carbonyl (C=O) groups is 1. The van der Waals surface area contributed by atoms with Crippen LogP contribution in [0.25, 0.3) is 0 Å². The van der Waals surface area contributed by atoms with Gasteiger partial charge in [0.15, 0.2) is 5.16 Å². The van der Waals surface area contributed by atoms with E-state index in [1.54, 1.807) is 18.3 Å². The van der Waals surface area contributed by atoms with Crippen molar-refractivity contribution in [2.24, 2.45) is 0 Å². The molecule has 0 amide bonds. The van der Waals surface area contributed by atoms with Crippen molar-refractivity contribution >= 4 is 17.7 Å². The smallest absolute Gasteiger partial charge is 0.313 e. The molecule has 6 heteroatoms. The van der Waals surface area contributed by atoms with Crippen LogP contribution in [0.1, 0.15) is 11.1 Å². The van der Waals surface area contributed by atoms with Gasteiger partial charge in [0.25, 0.3) is 0 Å². The number of hydrogen-bond donors (Lipinski definition) is 1. The molecular formula is C13H11N3O2S. The number of aromatic nitrogens is 2. The van der Waals surface area contributed by atoms with Crippen LogP contribution in [-0.4, -0.2) is 26.4 Å². The van der Waals surface area contributed by atoms with Crippen molar-refractivity contribution < 1.29 is 9.90 Å². The van der Waals surface area contributed by atoms with Gasteiger partial charge in [-0.25, -0.2) is 4.98 Å². The normalized spacial score (nSPS) is 10.1. The fourth-order valence-electron chi connectivity index (χ4n) is 1.56. The Kier molecular flexibility index (Phi) is 4.21. The van der Waals surface area contributed by atoms with E-state index in [1.165, 1.54) is 11.8 Å². The van der Waals surface area contributed by atoms with Crippen LogP contribution >= 0.6 is 11.8 Å². The third-order valence-electron chi connectivity index (χ3n) is 2.44. The van der Waals surface area contributed by atoms with E-state index in [1.807, 2.05) is 22.9 Å². The lowest BCUT2D eigenvalue weighted by molar-refractivity contribution is -0.133. The molecule has 1 aromatic carbocycles. The molecule has 2 rings (SSSR count). The molecule has 0 radical (unpaired) electrons. The molecule has 0 saturated heterocycles. The highest BCUT2D eigenvalue weighted by molar-refractivity contribution is 7.99. The average molecular weight is 273 g/mol. The van der Waals surface area contributed by atoms with E-state index in [-0.39, 0.29) is 5.75 Å². The SMILES string of the molecule is N#Cc1ccc(Cn2ccnc2SCC(=O)O)cc1. The van der Waals surface area contributed by atoms with Gasteiger partial charge in [0.05, 0.1) is 17.4 Å². The van der Waals surface area contributed by atoms with Gasteiger partial charge in [0.1, 0.15) is 0 Å². The molecule has 0 atom stereocenters.